The Balaban J connectivity index is 2.90. The van der Waals surface area contributed by atoms with Crippen LogP contribution in [0.4, 0.5) is 0 Å². The maximum atomic E-state index is 12.3. The zero-order chi connectivity index (χ0) is 14.3. The molecule has 4 nitrogen and oxygen atoms in total. The Kier molecular flexibility index (Phi) is 6.32. The largest absolute Gasteiger partial charge is 0.465 e. The molecule has 0 aromatic carbocycles. The highest BCUT2D eigenvalue weighted by Crippen LogP contribution is 2.40. The highest BCUT2D eigenvalue weighted by molar-refractivity contribution is 6.00. The minimum atomic E-state index is -1.10. The zero-order valence-corrected chi connectivity index (χ0v) is 12.4. The van der Waals surface area contributed by atoms with E-state index in [9.17, 15) is 9.59 Å². The van der Waals surface area contributed by atoms with Crippen LogP contribution in [0, 0.1) is 11.3 Å². The van der Waals surface area contributed by atoms with Crippen LogP contribution in [-0.4, -0.2) is 25.2 Å². The van der Waals surface area contributed by atoms with Crippen molar-refractivity contribution < 1.29 is 19.1 Å². The first-order valence-corrected chi connectivity index (χ1v) is 7.45. The minimum Gasteiger partial charge on any atom is -0.465 e. The quantitative estimate of drug-likeness (QED) is 0.527. The molecular weight excluding hydrogens is 244 g/mol. The van der Waals surface area contributed by atoms with E-state index in [4.69, 9.17) is 9.47 Å². The van der Waals surface area contributed by atoms with Gasteiger partial charge in [-0.05, 0) is 32.6 Å². The number of ether oxygens (including phenoxy) is 2. The molecule has 0 heterocycles. The average Bonchev–Trinajstić information content (AvgIpc) is 2.89. The summed E-state index contributed by atoms with van der Waals surface area (Å²) >= 11 is 0. The van der Waals surface area contributed by atoms with Gasteiger partial charge in [-0.1, -0.05) is 32.6 Å². The summed E-state index contributed by atoms with van der Waals surface area (Å²) in [5.74, 6) is -0.389. The van der Waals surface area contributed by atoms with Crippen molar-refractivity contribution in [3.63, 3.8) is 0 Å². The van der Waals surface area contributed by atoms with Gasteiger partial charge in [-0.2, -0.15) is 0 Å². The molecule has 0 spiro atoms. The van der Waals surface area contributed by atoms with Crippen LogP contribution in [0.3, 0.4) is 0 Å². The molecule has 1 fully saturated rings. The molecule has 1 saturated carbocycles. The summed E-state index contributed by atoms with van der Waals surface area (Å²) in [6, 6.07) is 0. The first-order chi connectivity index (χ1) is 9.10. The van der Waals surface area contributed by atoms with E-state index in [0.717, 1.165) is 12.8 Å². The van der Waals surface area contributed by atoms with E-state index in [0.29, 0.717) is 32.0 Å². The summed E-state index contributed by atoms with van der Waals surface area (Å²) in [7, 11) is 0. The first-order valence-electron chi connectivity index (χ1n) is 7.45. The van der Waals surface area contributed by atoms with Crippen LogP contribution in [0.5, 0.6) is 0 Å². The Labute approximate surface area is 115 Å². The third-order valence-electron chi connectivity index (χ3n) is 4.05. The second kappa shape index (κ2) is 7.51. The monoisotopic (exact) mass is 270 g/mol. The molecule has 1 aliphatic rings. The molecule has 0 saturated heterocycles. The van der Waals surface area contributed by atoms with Gasteiger partial charge < -0.3 is 9.47 Å². The maximum absolute atomic E-state index is 12.3. The molecule has 110 valence electrons. The summed E-state index contributed by atoms with van der Waals surface area (Å²) in [5, 5.41) is 0. The zero-order valence-electron chi connectivity index (χ0n) is 12.4. The van der Waals surface area contributed by atoms with E-state index in [1.807, 2.05) is 6.92 Å². The van der Waals surface area contributed by atoms with Crippen LogP contribution in [0.2, 0.25) is 0 Å². The van der Waals surface area contributed by atoms with Crippen LogP contribution in [-0.2, 0) is 19.1 Å². The molecule has 0 N–H and O–H groups in total. The fourth-order valence-corrected chi connectivity index (χ4v) is 2.93. The van der Waals surface area contributed by atoms with Crippen molar-refractivity contribution in [1.82, 2.24) is 0 Å². The van der Waals surface area contributed by atoms with E-state index in [1.54, 1.807) is 13.8 Å². The van der Waals surface area contributed by atoms with Crippen molar-refractivity contribution in [3.8, 4) is 0 Å². The number of carbonyl (C=O) groups excluding carboxylic acids is 2. The average molecular weight is 270 g/mol. The summed E-state index contributed by atoms with van der Waals surface area (Å²) < 4.78 is 10.3. The van der Waals surface area contributed by atoms with E-state index in [2.05, 4.69) is 0 Å². The van der Waals surface area contributed by atoms with Crippen molar-refractivity contribution in [2.45, 2.75) is 59.3 Å². The molecule has 0 atom stereocenters. The second-order valence-electron chi connectivity index (χ2n) is 5.23. The van der Waals surface area contributed by atoms with Gasteiger partial charge >= 0.3 is 11.9 Å². The summed E-state index contributed by atoms with van der Waals surface area (Å²) in [4.78, 5) is 24.6. The van der Waals surface area contributed by atoms with Gasteiger partial charge in [0.2, 0.25) is 0 Å². The predicted molar refractivity (Wildman–Crippen MR) is 72.6 cm³/mol. The first kappa shape index (κ1) is 16.0. The van der Waals surface area contributed by atoms with Gasteiger partial charge in [0.1, 0.15) is 0 Å². The van der Waals surface area contributed by atoms with Gasteiger partial charge in [0.25, 0.3) is 0 Å². The van der Waals surface area contributed by atoms with Crippen LogP contribution in [0.1, 0.15) is 59.3 Å². The van der Waals surface area contributed by atoms with Gasteiger partial charge in [-0.15, -0.1) is 0 Å². The van der Waals surface area contributed by atoms with Crippen LogP contribution < -0.4 is 0 Å². The van der Waals surface area contributed by atoms with Crippen LogP contribution in [0.25, 0.3) is 0 Å². The smallest absolute Gasteiger partial charge is 0.323 e. The number of hydrogen-bond acceptors (Lipinski definition) is 4. The third kappa shape index (κ3) is 3.71. The van der Waals surface area contributed by atoms with Gasteiger partial charge in [0, 0.05) is 0 Å². The van der Waals surface area contributed by atoms with E-state index < -0.39 is 17.4 Å². The number of hydrogen-bond donors (Lipinski definition) is 0. The molecule has 1 aliphatic carbocycles. The molecule has 4 heteroatoms. The lowest BCUT2D eigenvalue weighted by atomic mass is 9.76. The highest BCUT2D eigenvalue weighted by atomic mass is 16.6. The highest BCUT2D eigenvalue weighted by Gasteiger charge is 2.48. The fraction of sp³-hybridized carbons (Fsp3) is 0.867. The maximum Gasteiger partial charge on any atom is 0.323 e. The Morgan fingerprint density at radius 1 is 1.00 bits per heavy atom. The Bertz CT molecular complexity index is 287. The molecule has 0 radical (unpaired) electrons. The topological polar surface area (TPSA) is 52.6 Å². The van der Waals surface area contributed by atoms with Crippen LogP contribution >= 0.6 is 0 Å². The molecule has 0 unspecified atom stereocenters. The van der Waals surface area contributed by atoms with Crippen molar-refractivity contribution >= 4 is 11.9 Å². The lowest BCUT2D eigenvalue weighted by molar-refractivity contribution is -0.174. The molecule has 0 aromatic heterocycles. The second-order valence-corrected chi connectivity index (χ2v) is 5.23. The summed E-state index contributed by atoms with van der Waals surface area (Å²) in [6.07, 6.45) is 5.59. The van der Waals surface area contributed by atoms with Crippen molar-refractivity contribution in [1.29, 1.82) is 0 Å². The van der Waals surface area contributed by atoms with Crippen molar-refractivity contribution in [2.24, 2.45) is 11.3 Å². The van der Waals surface area contributed by atoms with Gasteiger partial charge in [0.05, 0.1) is 13.2 Å². The van der Waals surface area contributed by atoms with E-state index in [1.165, 1.54) is 12.8 Å². The predicted octanol–water partition coefficient (Wildman–Crippen LogP) is 3.09. The normalized spacial score (nSPS) is 16.4. The third-order valence-corrected chi connectivity index (χ3v) is 4.05. The Morgan fingerprint density at radius 2 is 1.47 bits per heavy atom. The fourth-order valence-electron chi connectivity index (χ4n) is 2.93. The van der Waals surface area contributed by atoms with Crippen molar-refractivity contribution in [2.75, 3.05) is 13.2 Å². The molecule has 0 bridgehead atoms. The van der Waals surface area contributed by atoms with Crippen LogP contribution in [0.15, 0.2) is 0 Å². The van der Waals surface area contributed by atoms with E-state index in [-0.39, 0.29) is 0 Å². The lowest BCUT2D eigenvalue weighted by Gasteiger charge is -2.30. The van der Waals surface area contributed by atoms with Gasteiger partial charge in [0.15, 0.2) is 5.41 Å². The molecule has 19 heavy (non-hydrogen) atoms. The molecule has 0 amide bonds. The van der Waals surface area contributed by atoms with E-state index >= 15 is 0 Å². The molecule has 1 rings (SSSR count). The Hall–Kier alpha value is -1.06. The number of esters is 2. The van der Waals surface area contributed by atoms with Gasteiger partial charge in [-0.25, -0.2) is 0 Å². The number of carbonyl (C=O) groups is 2. The molecular formula is C15H26O4. The Morgan fingerprint density at radius 3 is 1.84 bits per heavy atom. The summed E-state index contributed by atoms with van der Waals surface area (Å²) in [5.41, 5.74) is -1.10. The molecule has 0 aromatic rings. The minimum absolute atomic E-state index is 0.296. The van der Waals surface area contributed by atoms with Gasteiger partial charge in [-0.3, -0.25) is 9.59 Å². The number of rotatable bonds is 7. The summed E-state index contributed by atoms with van der Waals surface area (Å²) in [6.45, 7) is 5.98. The SMILES string of the molecule is CCOC(=O)C(CC)(CC1CCCC1)C(=O)OCC. The lowest BCUT2D eigenvalue weighted by Crippen LogP contribution is -2.43. The molecule has 0 aliphatic heterocycles. The van der Waals surface area contributed by atoms with Crippen molar-refractivity contribution in [3.05, 3.63) is 0 Å². The standard InChI is InChI=1S/C15H26O4/c1-4-15(13(16)18-5-2,14(17)19-6-3)11-12-9-7-8-10-12/h12H,4-11H2,1-3H3.